The first-order valence-electron chi connectivity index (χ1n) is 5.15. The van der Waals surface area contributed by atoms with Gasteiger partial charge in [-0.3, -0.25) is 0 Å². The predicted molar refractivity (Wildman–Crippen MR) is 60.4 cm³/mol. The lowest BCUT2D eigenvalue weighted by Gasteiger charge is -2.10. The molecule has 0 aliphatic carbocycles. The first kappa shape index (κ1) is 14.7. The Balaban J connectivity index is 2.83. The number of hydrogen-bond acceptors (Lipinski definition) is 2. The summed E-state index contributed by atoms with van der Waals surface area (Å²) < 4.78 is 66.5. The van der Waals surface area contributed by atoms with Gasteiger partial charge in [0.15, 0.2) is 23.3 Å². The Morgan fingerprint density at radius 3 is 1.95 bits per heavy atom. The molecule has 1 N–H and O–H groups in total. The van der Waals surface area contributed by atoms with E-state index in [1.807, 2.05) is 0 Å². The van der Waals surface area contributed by atoms with Gasteiger partial charge in [-0.05, 0) is 11.6 Å². The van der Waals surface area contributed by atoms with E-state index in [1.165, 1.54) is 0 Å². The van der Waals surface area contributed by atoms with Gasteiger partial charge in [0.1, 0.15) is 5.15 Å². The molecule has 1 aromatic heterocycles. The van der Waals surface area contributed by atoms with Crippen LogP contribution in [0.25, 0.3) is 11.1 Å². The van der Waals surface area contributed by atoms with Crippen LogP contribution in [0.4, 0.5) is 22.0 Å². The van der Waals surface area contributed by atoms with Crippen LogP contribution in [0, 0.1) is 29.1 Å². The molecule has 2 nitrogen and oxygen atoms in total. The third-order valence-corrected chi connectivity index (χ3v) is 2.86. The summed E-state index contributed by atoms with van der Waals surface area (Å²) in [6.45, 7) is -0.535. The molecule has 2 aromatic rings. The molecule has 0 amide bonds. The summed E-state index contributed by atoms with van der Waals surface area (Å²) in [6, 6.07) is 0.994. The minimum atomic E-state index is -2.26. The van der Waals surface area contributed by atoms with Gasteiger partial charge in [0, 0.05) is 11.8 Å². The summed E-state index contributed by atoms with van der Waals surface area (Å²) >= 11 is 5.61. The van der Waals surface area contributed by atoms with E-state index in [2.05, 4.69) is 4.98 Å². The lowest BCUT2D eigenvalue weighted by molar-refractivity contribution is 0.281. The van der Waals surface area contributed by atoms with Crippen molar-refractivity contribution >= 4 is 11.6 Å². The van der Waals surface area contributed by atoms with Crippen LogP contribution in [-0.4, -0.2) is 10.1 Å². The standard InChI is InChI=1S/C12H5ClF5NO/c13-12-5(1-4(3-20)2-19-12)6-7(14)9(16)11(18)10(17)8(6)15/h1-2,20H,3H2. The third kappa shape index (κ3) is 2.23. The second-order valence-electron chi connectivity index (χ2n) is 3.78. The summed E-state index contributed by atoms with van der Waals surface area (Å²) in [5.74, 6) is -10.4. The SMILES string of the molecule is OCc1cnc(Cl)c(-c2c(F)c(F)c(F)c(F)c2F)c1. The monoisotopic (exact) mass is 309 g/mol. The molecule has 0 atom stereocenters. The van der Waals surface area contributed by atoms with Gasteiger partial charge in [-0.1, -0.05) is 11.6 Å². The zero-order valence-corrected chi connectivity index (χ0v) is 10.3. The number of benzene rings is 1. The van der Waals surface area contributed by atoms with Crippen molar-refractivity contribution in [1.82, 2.24) is 4.98 Å². The van der Waals surface area contributed by atoms with E-state index in [0.29, 0.717) is 0 Å². The van der Waals surface area contributed by atoms with Crippen LogP contribution in [0.1, 0.15) is 5.56 Å². The maximum atomic E-state index is 13.6. The number of aromatic nitrogens is 1. The molecule has 0 unspecified atom stereocenters. The molecule has 8 heteroatoms. The minimum absolute atomic E-state index is 0.105. The van der Waals surface area contributed by atoms with Gasteiger partial charge in [0.2, 0.25) is 5.82 Å². The molecule has 1 heterocycles. The fraction of sp³-hybridized carbons (Fsp3) is 0.0833. The molecule has 0 bridgehead atoms. The number of aliphatic hydroxyl groups is 1. The van der Waals surface area contributed by atoms with Crippen molar-refractivity contribution in [2.24, 2.45) is 0 Å². The molecule has 0 radical (unpaired) electrons. The van der Waals surface area contributed by atoms with Crippen LogP contribution < -0.4 is 0 Å². The van der Waals surface area contributed by atoms with Crippen LogP contribution in [0.3, 0.4) is 0 Å². The first-order valence-corrected chi connectivity index (χ1v) is 5.53. The highest BCUT2D eigenvalue weighted by molar-refractivity contribution is 6.32. The molecule has 0 aliphatic heterocycles. The highest BCUT2D eigenvalue weighted by atomic mass is 35.5. The number of aliphatic hydroxyl groups excluding tert-OH is 1. The van der Waals surface area contributed by atoms with Gasteiger partial charge in [0.25, 0.3) is 0 Å². The van der Waals surface area contributed by atoms with Crippen molar-refractivity contribution in [3.63, 3.8) is 0 Å². The van der Waals surface area contributed by atoms with E-state index in [-0.39, 0.29) is 5.56 Å². The molecule has 2 rings (SSSR count). The Hall–Kier alpha value is -1.73. The molecule has 0 spiro atoms. The normalized spacial score (nSPS) is 10.9. The van der Waals surface area contributed by atoms with Gasteiger partial charge < -0.3 is 5.11 Å². The first-order chi connectivity index (χ1) is 9.38. The maximum absolute atomic E-state index is 13.6. The Bertz CT molecular complexity index is 663. The quantitative estimate of drug-likeness (QED) is 0.398. The van der Waals surface area contributed by atoms with Crippen molar-refractivity contribution in [3.05, 3.63) is 52.1 Å². The second-order valence-corrected chi connectivity index (χ2v) is 4.14. The van der Waals surface area contributed by atoms with Crippen LogP contribution in [-0.2, 0) is 6.61 Å². The average molecular weight is 310 g/mol. The Morgan fingerprint density at radius 2 is 1.45 bits per heavy atom. The number of rotatable bonds is 2. The van der Waals surface area contributed by atoms with E-state index in [4.69, 9.17) is 16.7 Å². The highest BCUT2D eigenvalue weighted by Gasteiger charge is 2.28. The smallest absolute Gasteiger partial charge is 0.200 e. The summed E-state index contributed by atoms with van der Waals surface area (Å²) in [4.78, 5) is 3.52. The fourth-order valence-corrected chi connectivity index (χ4v) is 1.79. The summed E-state index contributed by atoms with van der Waals surface area (Å²) in [7, 11) is 0. The Kier molecular flexibility index (Phi) is 3.92. The van der Waals surface area contributed by atoms with Gasteiger partial charge in [0.05, 0.1) is 12.2 Å². The predicted octanol–water partition coefficient (Wildman–Crippen LogP) is 3.59. The Morgan fingerprint density at radius 1 is 0.950 bits per heavy atom. The molecule has 0 fully saturated rings. The van der Waals surface area contributed by atoms with Gasteiger partial charge in [-0.15, -0.1) is 0 Å². The zero-order valence-electron chi connectivity index (χ0n) is 9.52. The van der Waals surface area contributed by atoms with Gasteiger partial charge >= 0.3 is 0 Å². The third-order valence-electron chi connectivity index (χ3n) is 2.56. The zero-order chi connectivity index (χ0) is 15.0. The largest absolute Gasteiger partial charge is 0.392 e. The molecule has 106 valence electrons. The van der Waals surface area contributed by atoms with Crippen molar-refractivity contribution in [2.45, 2.75) is 6.61 Å². The van der Waals surface area contributed by atoms with E-state index >= 15 is 0 Å². The molecule has 20 heavy (non-hydrogen) atoms. The van der Waals surface area contributed by atoms with Crippen molar-refractivity contribution in [2.75, 3.05) is 0 Å². The van der Waals surface area contributed by atoms with Crippen molar-refractivity contribution in [3.8, 4) is 11.1 Å². The van der Waals surface area contributed by atoms with Gasteiger partial charge in [-0.25, -0.2) is 26.9 Å². The van der Waals surface area contributed by atoms with Crippen molar-refractivity contribution in [1.29, 1.82) is 0 Å². The van der Waals surface area contributed by atoms with E-state index in [0.717, 1.165) is 12.3 Å². The second kappa shape index (κ2) is 5.34. The van der Waals surface area contributed by atoms with Gasteiger partial charge in [-0.2, -0.15) is 0 Å². The minimum Gasteiger partial charge on any atom is -0.392 e. The van der Waals surface area contributed by atoms with E-state index < -0.39 is 52.0 Å². The summed E-state index contributed by atoms with van der Waals surface area (Å²) in [5.41, 5.74) is -1.58. The lowest BCUT2D eigenvalue weighted by atomic mass is 10.0. The lowest BCUT2D eigenvalue weighted by Crippen LogP contribution is -2.05. The molecule has 0 saturated carbocycles. The number of nitrogens with zero attached hydrogens (tertiary/aromatic N) is 1. The molecular weight excluding hydrogens is 305 g/mol. The van der Waals surface area contributed by atoms with Crippen LogP contribution in [0.15, 0.2) is 12.3 Å². The average Bonchev–Trinajstić information content (AvgIpc) is 2.45. The maximum Gasteiger partial charge on any atom is 0.200 e. The number of halogens is 6. The molecule has 1 aromatic carbocycles. The van der Waals surface area contributed by atoms with E-state index in [9.17, 15) is 22.0 Å². The molecular formula is C12H5ClF5NO. The van der Waals surface area contributed by atoms with Crippen LogP contribution in [0.5, 0.6) is 0 Å². The van der Waals surface area contributed by atoms with Crippen LogP contribution in [0.2, 0.25) is 5.15 Å². The summed E-state index contributed by atoms with van der Waals surface area (Å²) in [6.07, 6.45) is 1.11. The highest BCUT2D eigenvalue weighted by Crippen LogP contribution is 2.35. The van der Waals surface area contributed by atoms with Crippen molar-refractivity contribution < 1.29 is 27.1 Å². The number of hydrogen-bond donors (Lipinski definition) is 1. The van der Waals surface area contributed by atoms with Crippen LogP contribution >= 0.6 is 11.6 Å². The number of pyridine rings is 1. The topological polar surface area (TPSA) is 33.1 Å². The Labute approximate surface area is 114 Å². The molecule has 0 aliphatic rings. The fourth-order valence-electron chi connectivity index (χ4n) is 1.59. The van der Waals surface area contributed by atoms with E-state index in [1.54, 1.807) is 0 Å². The molecule has 0 saturated heterocycles. The summed E-state index contributed by atoms with van der Waals surface area (Å²) in [5, 5.41) is 8.46.